The number of hydrogen-bond donors (Lipinski definition) is 0. The lowest BCUT2D eigenvalue weighted by molar-refractivity contribution is 0.899. The van der Waals surface area contributed by atoms with Crippen LogP contribution in [0, 0.1) is 22.7 Å². The Morgan fingerprint density at radius 3 is 1.18 bits per heavy atom. The number of nitriles is 2. The van der Waals surface area contributed by atoms with E-state index in [2.05, 4.69) is 114 Å². The van der Waals surface area contributed by atoms with E-state index in [1.165, 1.54) is 22.4 Å². The Balaban J connectivity index is 1.95. The van der Waals surface area contributed by atoms with E-state index < -0.39 is 0 Å². The summed E-state index contributed by atoms with van der Waals surface area (Å²) in [5.74, 6) is 0.105. The Morgan fingerprint density at radius 2 is 0.882 bits per heavy atom. The molecule has 3 aromatic carbocycles. The monoisotopic (exact) mass is 451 g/mol. The molecule has 0 spiro atoms. The van der Waals surface area contributed by atoms with Crippen LogP contribution in [0.2, 0.25) is 0 Å². The average Bonchev–Trinajstić information content (AvgIpc) is 2.87. The summed E-state index contributed by atoms with van der Waals surface area (Å²) in [5, 5.41) is 17.8. The van der Waals surface area contributed by atoms with Crippen molar-refractivity contribution in [2.45, 2.75) is 18.8 Å². The molecule has 174 valence electrons. The third kappa shape index (κ3) is 6.09. The normalized spacial score (nSPS) is 10.4. The third-order valence-corrected chi connectivity index (χ3v) is 6.20. The van der Waals surface area contributed by atoms with E-state index in [-0.39, 0.29) is 5.92 Å². The molecule has 0 radical (unpaired) electrons. The molecule has 5 heteroatoms. The fraction of sp³-hybridized carbons (Fsp3) is 0.310. The molecule has 0 saturated carbocycles. The zero-order valence-electron chi connectivity index (χ0n) is 20.6. The van der Waals surface area contributed by atoms with Crippen molar-refractivity contribution in [3.05, 3.63) is 89.5 Å². The van der Waals surface area contributed by atoms with Gasteiger partial charge in [-0.2, -0.15) is 10.5 Å². The van der Waals surface area contributed by atoms with Crippen LogP contribution in [-0.4, -0.2) is 41.3 Å². The summed E-state index contributed by atoms with van der Waals surface area (Å²) in [5.41, 5.74) is 7.07. The van der Waals surface area contributed by atoms with E-state index in [0.717, 1.165) is 11.4 Å². The summed E-state index contributed by atoms with van der Waals surface area (Å²) in [4.78, 5) is 6.33. The van der Waals surface area contributed by atoms with Crippen LogP contribution in [-0.2, 0) is 0 Å². The molecule has 0 aliphatic heterocycles. The summed E-state index contributed by atoms with van der Waals surface area (Å²) in [6.45, 7) is 1.43. The molecule has 0 N–H and O–H groups in total. The van der Waals surface area contributed by atoms with Gasteiger partial charge in [-0.05, 0) is 53.1 Å². The first-order valence-electron chi connectivity index (χ1n) is 11.6. The SMILES string of the molecule is CN(C)c1ccc(C(c2ccc(N(C)CCC#N)cc2)c2ccc(N(C)CCC#N)cc2)cc1. The highest BCUT2D eigenvalue weighted by Gasteiger charge is 2.18. The molecule has 3 aromatic rings. The van der Waals surface area contributed by atoms with Gasteiger partial charge in [0.25, 0.3) is 0 Å². The van der Waals surface area contributed by atoms with Gasteiger partial charge in [-0.25, -0.2) is 0 Å². The van der Waals surface area contributed by atoms with Crippen LogP contribution in [0.1, 0.15) is 35.4 Å². The smallest absolute Gasteiger partial charge is 0.0640 e. The van der Waals surface area contributed by atoms with Crippen molar-refractivity contribution in [2.75, 3.05) is 56.0 Å². The molecule has 0 aromatic heterocycles. The van der Waals surface area contributed by atoms with E-state index >= 15 is 0 Å². The van der Waals surface area contributed by atoms with Crippen molar-refractivity contribution in [2.24, 2.45) is 0 Å². The molecule has 0 atom stereocenters. The number of nitrogens with zero attached hydrogens (tertiary/aromatic N) is 5. The van der Waals surface area contributed by atoms with Gasteiger partial charge in [-0.3, -0.25) is 0 Å². The van der Waals surface area contributed by atoms with Crippen molar-refractivity contribution in [1.82, 2.24) is 0 Å². The summed E-state index contributed by atoms with van der Waals surface area (Å²) < 4.78 is 0. The lowest BCUT2D eigenvalue weighted by atomic mass is 9.85. The molecular weight excluding hydrogens is 418 g/mol. The summed E-state index contributed by atoms with van der Waals surface area (Å²) in [6.07, 6.45) is 1.02. The van der Waals surface area contributed by atoms with Gasteiger partial charge in [0.1, 0.15) is 0 Å². The highest BCUT2D eigenvalue weighted by atomic mass is 15.1. The van der Waals surface area contributed by atoms with Gasteiger partial charge in [0.2, 0.25) is 0 Å². The average molecular weight is 452 g/mol. The molecule has 5 nitrogen and oxygen atoms in total. The van der Waals surface area contributed by atoms with E-state index in [1.54, 1.807) is 0 Å². The standard InChI is InChI=1S/C29H33N5/c1-32(2)26-13-7-23(8-14-26)29(24-9-15-27(16-10-24)33(3)21-5-19-30)25-11-17-28(18-12-25)34(4)22-6-20-31/h7-18,29H,5-6,21-22H2,1-4H3. The van der Waals surface area contributed by atoms with Crippen molar-refractivity contribution in [1.29, 1.82) is 10.5 Å². The van der Waals surface area contributed by atoms with Gasteiger partial charge in [-0.15, -0.1) is 0 Å². The predicted molar refractivity (Wildman–Crippen MR) is 142 cm³/mol. The second kappa shape index (κ2) is 11.8. The van der Waals surface area contributed by atoms with Crippen molar-refractivity contribution >= 4 is 17.1 Å². The maximum atomic E-state index is 8.88. The molecule has 0 saturated heterocycles. The van der Waals surface area contributed by atoms with E-state index in [0.29, 0.717) is 25.9 Å². The zero-order chi connectivity index (χ0) is 24.5. The molecule has 0 amide bonds. The topological polar surface area (TPSA) is 57.3 Å². The highest BCUT2D eigenvalue weighted by Crippen LogP contribution is 2.34. The van der Waals surface area contributed by atoms with Crippen LogP contribution in [0.25, 0.3) is 0 Å². The Bertz CT molecular complexity index is 1050. The molecular formula is C29H33N5. The minimum Gasteiger partial charge on any atom is -0.378 e. The number of anilines is 3. The van der Waals surface area contributed by atoms with Crippen molar-refractivity contribution < 1.29 is 0 Å². The van der Waals surface area contributed by atoms with Gasteiger partial charge in [0, 0.05) is 64.3 Å². The Morgan fingerprint density at radius 1 is 0.559 bits per heavy atom. The van der Waals surface area contributed by atoms with Crippen LogP contribution >= 0.6 is 0 Å². The summed E-state index contributed by atoms with van der Waals surface area (Å²) >= 11 is 0. The largest absolute Gasteiger partial charge is 0.378 e. The van der Waals surface area contributed by atoms with Crippen LogP contribution in [0.3, 0.4) is 0 Å². The Kier molecular flexibility index (Phi) is 8.54. The zero-order valence-corrected chi connectivity index (χ0v) is 20.6. The predicted octanol–water partition coefficient (Wildman–Crippen LogP) is 5.63. The fourth-order valence-corrected chi connectivity index (χ4v) is 4.08. The molecule has 0 bridgehead atoms. The number of benzene rings is 3. The van der Waals surface area contributed by atoms with Gasteiger partial charge in [0.15, 0.2) is 0 Å². The molecule has 0 fully saturated rings. The molecule has 0 heterocycles. The minimum atomic E-state index is 0.105. The number of rotatable bonds is 10. The van der Waals surface area contributed by atoms with Gasteiger partial charge >= 0.3 is 0 Å². The first kappa shape index (κ1) is 24.7. The Labute approximate surface area is 204 Å². The van der Waals surface area contributed by atoms with Crippen molar-refractivity contribution in [3.8, 4) is 12.1 Å². The fourth-order valence-electron chi connectivity index (χ4n) is 4.08. The summed E-state index contributed by atoms with van der Waals surface area (Å²) in [6, 6.07) is 30.5. The first-order chi connectivity index (χ1) is 16.4. The van der Waals surface area contributed by atoms with E-state index in [9.17, 15) is 0 Å². The summed E-state index contributed by atoms with van der Waals surface area (Å²) in [7, 11) is 8.14. The molecule has 0 unspecified atom stereocenters. The molecule has 0 aliphatic rings. The number of hydrogen-bond acceptors (Lipinski definition) is 5. The van der Waals surface area contributed by atoms with Crippen LogP contribution in [0.5, 0.6) is 0 Å². The van der Waals surface area contributed by atoms with Crippen LogP contribution in [0.15, 0.2) is 72.8 Å². The maximum Gasteiger partial charge on any atom is 0.0640 e. The second-order valence-corrected chi connectivity index (χ2v) is 8.76. The van der Waals surface area contributed by atoms with E-state index in [4.69, 9.17) is 10.5 Å². The molecule has 34 heavy (non-hydrogen) atoms. The van der Waals surface area contributed by atoms with Gasteiger partial charge < -0.3 is 14.7 Å². The highest BCUT2D eigenvalue weighted by molar-refractivity contribution is 5.55. The quantitative estimate of drug-likeness (QED) is 0.374. The van der Waals surface area contributed by atoms with Crippen LogP contribution < -0.4 is 14.7 Å². The van der Waals surface area contributed by atoms with Gasteiger partial charge in [0.05, 0.1) is 25.0 Å². The maximum absolute atomic E-state index is 8.88. The minimum absolute atomic E-state index is 0.105. The third-order valence-electron chi connectivity index (χ3n) is 6.20. The van der Waals surface area contributed by atoms with Crippen molar-refractivity contribution in [3.63, 3.8) is 0 Å². The van der Waals surface area contributed by atoms with Gasteiger partial charge in [-0.1, -0.05) is 36.4 Å². The Hall–Kier alpha value is -3.96. The first-order valence-corrected chi connectivity index (χ1v) is 11.6. The van der Waals surface area contributed by atoms with Crippen LogP contribution in [0.4, 0.5) is 17.1 Å². The lowest BCUT2D eigenvalue weighted by Crippen LogP contribution is -2.18. The molecule has 0 aliphatic carbocycles. The molecule has 3 rings (SSSR count). The second-order valence-electron chi connectivity index (χ2n) is 8.76. The lowest BCUT2D eigenvalue weighted by Gasteiger charge is -2.24. The van der Waals surface area contributed by atoms with E-state index in [1.807, 2.05) is 14.1 Å².